The van der Waals surface area contributed by atoms with Crippen molar-refractivity contribution in [3.05, 3.63) is 95.1 Å². The van der Waals surface area contributed by atoms with Crippen LogP contribution in [-0.2, 0) is 6.42 Å². The number of carbonyl (C=O) groups is 1. The van der Waals surface area contributed by atoms with Gasteiger partial charge in [-0.1, -0.05) is 29.8 Å². The van der Waals surface area contributed by atoms with Gasteiger partial charge >= 0.3 is 0 Å². The number of hydrogen-bond donors (Lipinski definition) is 2. The highest BCUT2D eigenvalue weighted by atomic mass is 35.5. The maximum Gasteiger partial charge on any atom is 0.251 e. The summed E-state index contributed by atoms with van der Waals surface area (Å²) in [5.41, 5.74) is 4.12. The summed E-state index contributed by atoms with van der Waals surface area (Å²) < 4.78 is 10.6. The Labute approximate surface area is 209 Å². The molecule has 1 heterocycles. The zero-order valence-corrected chi connectivity index (χ0v) is 20.2. The Bertz CT molecular complexity index is 1290. The van der Waals surface area contributed by atoms with Crippen LogP contribution in [0.1, 0.15) is 15.9 Å². The summed E-state index contributed by atoms with van der Waals surface area (Å²) in [6, 6.07) is 22.2. The van der Waals surface area contributed by atoms with Crippen LogP contribution in [0.5, 0.6) is 11.5 Å². The van der Waals surface area contributed by atoms with Gasteiger partial charge in [0.2, 0.25) is 5.95 Å². The van der Waals surface area contributed by atoms with Crippen LogP contribution in [0, 0.1) is 0 Å². The topological polar surface area (TPSA) is 85.4 Å². The quantitative estimate of drug-likeness (QED) is 0.322. The number of nitrogens with one attached hydrogen (secondary N) is 2. The highest BCUT2D eigenvalue weighted by Gasteiger charge is 2.08. The lowest BCUT2D eigenvalue weighted by atomic mass is 10.1. The number of rotatable bonds is 9. The van der Waals surface area contributed by atoms with Gasteiger partial charge in [-0.25, -0.2) is 9.97 Å². The number of carbonyl (C=O) groups excluding carboxylic acids is 1. The van der Waals surface area contributed by atoms with Crippen LogP contribution in [0.2, 0.25) is 5.02 Å². The van der Waals surface area contributed by atoms with Gasteiger partial charge in [-0.05, 0) is 66.6 Å². The predicted octanol–water partition coefficient (Wildman–Crippen LogP) is 5.53. The first-order valence-electron chi connectivity index (χ1n) is 11.0. The SMILES string of the molecule is COc1ccc(CCNC(=O)c2ccc(Nc3nccc(-c4ccc(Cl)cc4)n3)cc2)cc1OC. The largest absolute Gasteiger partial charge is 0.493 e. The molecule has 1 aromatic heterocycles. The summed E-state index contributed by atoms with van der Waals surface area (Å²) in [6.45, 7) is 0.500. The molecule has 0 unspecified atom stereocenters. The second-order valence-corrected chi connectivity index (χ2v) is 8.11. The number of methoxy groups -OCH3 is 2. The average molecular weight is 489 g/mol. The lowest BCUT2D eigenvalue weighted by molar-refractivity contribution is 0.0954. The Balaban J connectivity index is 1.33. The fraction of sp³-hybridized carbons (Fsp3) is 0.148. The van der Waals surface area contributed by atoms with Crippen molar-refractivity contribution in [3.63, 3.8) is 0 Å². The second kappa shape index (κ2) is 11.4. The van der Waals surface area contributed by atoms with Gasteiger partial charge in [0.15, 0.2) is 11.5 Å². The normalized spacial score (nSPS) is 10.5. The summed E-state index contributed by atoms with van der Waals surface area (Å²) in [5, 5.41) is 6.79. The number of nitrogens with zero attached hydrogens (tertiary/aromatic N) is 2. The predicted molar refractivity (Wildman–Crippen MR) is 138 cm³/mol. The number of ether oxygens (including phenoxy) is 2. The van der Waals surface area contributed by atoms with Gasteiger partial charge in [0, 0.05) is 34.6 Å². The summed E-state index contributed by atoms with van der Waals surface area (Å²) in [6.07, 6.45) is 2.37. The molecular weight excluding hydrogens is 464 g/mol. The van der Waals surface area contributed by atoms with Crippen molar-refractivity contribution in [2.75, 3.05) is 26.1 Å². The van der Waals surface area contributed by atoms with E-state index >= 15 is 0 Å². The van der Waals surface area contributed by atoms with Crippen LogP contribution in [-0.4, -0.2) is 36.6 Å². The second-order valence-electron chi connectivity index (χ2n) is 7.67. The molecule has 178 valence electrons. The number of benzene rings is 3. The van der Waals surface area contributed by atoms with Crippen LogP contribution < -0.4 is 20.1 Å². The first-order chi connectivity index (χ1) is 17.1. The third-order valence-electron chi connectivity index (χ3n) is 5.35. The first-order valence-corrected chi connectivity index (χ1v) is 11.4. The van der Waals surface area contributed by atoms with Gasteiger partial charge < -0.3 is 20.1 Å². The molecule has 0 saturated carbocycles. The monoisotopic (exact) mass is 488 g/mol. The molecule has 0 atom stereocenters. The van der Waals surface area contributed by atoms with Crippen LogP contribution in [0.15, 0.2) is 79.0 Å². The van der Waals surface area contributed by atoms with E-state index in [0.29, 0.717) is 41.0 Å². The molecule has 0 aliphatic heterocycles. The molecule has 7 nitrogen and oxygen atoms in total. The van der Waals surface area contributed by atoms with E-state index in [1.165, 1.54) is 0 Å². The lowest BCUT2D eigenvalue weighted by Gasteiger charge is -2.10. The third kappa shape index (κ3) is 6.28. The third-order valence-corrected chi connectivity index (χ3v) is 5.60. The molecule has 0 saturated heterocycles. The number of hydrogen-bond acceptors (Lipinski definition) is 6. The standard InChI is InChI=1S/C27H25ClN4O3/c1-34-24-12-3-18(17-25(24)35-2)13-15-29-26(33)20-6-10-22(11-7-20)31-27-30-16-14-23(32-27)19-4-8-21(28)9-5-19/h3-12,14,16-17H,13,15H2,1-2H3,(H,29,33)(H,30,31,32). The van der Waals surface area contributed by atoms with Crippen LogP contribution in [0.4, 0.5) is 11.6 Å². The van der Waals surface area contributed by atoms with Gasteiger partial charge in [0.1, 0.15) is 0 Å². The zero-order valence-electron chi connectivity index (χ0n) is 19.4. The summed E-state index contributed by atoms with van der Waals surface area (Å²) in [5.74, 6) is 1.67. The highest BCUT2D eigenvalue weighted by Crippen LogP contribution is 2.27. The van der Waals surface area contributed by atoms with Crippen molar-refractivity contribution in [2.24, 2.45) is 0 Å². The van der Waals surface area contributed by atoms with Crippen molar-refractivity contribution in [1.82, 2.24) is 15.3 Å². The molecule has 2 N–H and O–H groups in total. The molecule has 35 heavy (non-hydrogen) atoms. The molecule has 8 heteroatoms. The van der Waals surface area contributed by atoms with E-state index in [-0.39, 0.29) is 5.91 Å². The first kappa shape index (κ1) is 24.0. The number of anilines is 2. The Hall–Kier alpha value is -4.10. The van der Waals surface area contributed by atoms with Crippen molar-refractivity contribution in [3.8, 4) is 22.8 Å². The summed E-state index contributed by atoms with van der Waals surface area (Å²) in [4.78, 5) is 21.4. The Morgan fingerprint density at radius 1 is 0.914 bits per heavy atom. The molecule has 1 amide bonds. The fourth-order valence-corrected chi connectivity index (χ4v) is 3.62. The van der Waals surface area contributed by atoms with E-state index in [9.17, 15) is 4.79 Å². The smallest absolute Gasteiger partial charge is 0.251 e. The van der Waals surface area contributed by atoms with Crippen molar-refractivity contribution >= 4 is 29.1 Å². The summed E-state index contributed by atoms with van der Waals surface area (Å²) in [7, 11) is 3.20. The molecule has 0 radical (unpaired) electrons. The molecule has 0 aliphatic rings. The molecule has 0 spiro atoms. The molecule has 3 aromatic carbocycles. The minimum Gasteiger partial charge on any atom is -0.493 e. The maximum absolute atomic E-state index is 12.5. The van der Waals surface area contributed by atoms with E-state index < -0.39 is 0 Å². The maximum atomic E-state index is 12.5. The summed E-state index contributed by atoms with van der Waals surface area (Å²) >= 11 is 5.97. The molecular formula is C27H25ClN4O3. The van der Waals surface area contributed by atoms with Crippen LogP contribution in [0.25, 0.3) is 11.3 Å². The van der Waals surface area contributed by atoms with E-state index in [2.05, 4.69) is 20.6 Å². The minimum absolute atomic E-state index is 0.141. The number of halogens is 1. The van der Waals surface area contributed by atoms with Crippen LogP contribution >= 0.6 is 11.6 Å². The molecule has 4 aromatic rings. The van der Waals surface area contributed by atoms with Gasteiger partial charge in [0.05, 0.1) is 19.9 Å². The molecule has 0 aliphatic carbocycles. The number of amides is 1. The van der Waals surface area contributed by atoms with Gasteiger partial charge in [0.25, 0.3) is 5.91 Å². The average Bonchev–Trinajstić information content (AvgIpc) is 2.89. The Morgan fingerprint density at radius 2 is 1.66 bits per heavy atom. The Morgan fingerprint density at radius 3 is 2.37 bits per heavy atom. The van der Waals surface area contributed by atoms with E-state index in [1.54, 1.807) is 32.5 Å². The molecule has 0 bridgehead atoms. The van der Waals surface area contributed by atoms with Crippen molar-refractivity contribution < 1.29 is 14.3 Å². The molecule has 0 fully saturated rings. The van der Waals surface area contributed by atoms with Crippen molar-refractivity contribution in [2.45, 2.75) is 6.42 Å². The number of aromatic nitrogens is 2. The minimum atomic E-state index is -0.141. The van der Waals surface area contributed by atoms with Gasteiger partial charge in [-0.2, -0.15) is 0 Å². The van der Waals surface area contributed by atoms with Crippen LogP contribution in [0.3, 0.4) is 0 Å². The fourth-order valence-electron chi connectivity index (χ4n) is 3.49. The zero-order chi connectivity index (χ0) is 24.6. The van der Waals surface area contributed by atoms with Crippen molar-refractivity contribution in [1.29, 1.82) is 0 Å². The van der Waals surface area contributed by atoms with E-state index in [4.69, 9.17) is 21.1 Å². The lowest BCUT2D eigenvalue weighted by Crippen LogP contribution is -2.25. The van der Waals surface area contributed by atoms with E-state index in [1.807, 2.05) is 60.7 Å². The van der Waals surface area contributed by atoms with Gasteiger partial charge in [-0.15, -0.1) is 0 Å². The molecule has 4 rings (SSSR count). The highest BCUT2D eigenvalue weighted by molar-refractivity contribution is 6.30. The van der Waals surface area contributed by atoms with Gasteiger partial charge in [-0.3, -0.25) is 4.79 Å². The Kier molecular flexibility index (Phi) is 7.80. The van der Waals surface area contributed by atoms with E-state index in [0.717, 1.165) is 22.5 Å².